The van der Waals surface area contributed by atoms with Gasteiger partial charge in [0.05, 0.1) is 5.71 Å². The highest BCUT2D eigenvalue weighted by molar-refractivity contribution is 6.31. The summed E-state index contributed by atoms with van der Waals surface area (Å²) in [4.78, 5) is 3.98. The van der Waals surface area contributed by atoms with Gasteiger partial charge in [-0.15, -0.1) is 0 Å². The SMILES string of the molecule is CC(=N/O)/C(=C/c1ccncc1)c1ccc(Cl)cc1. The number of allylic oxidation sites excluding steroid dienone is 1. The highest BCUT2D eigenvalue weighted by Gasteiger charge is 2.06. The molecule has 0 fully saturated rings. The van der Waals surface area contributed by atoms with Gasteiger partial charge in [0.1, 0.15) is 0 Å². The third-order valence-corrected chi connectivity index (χ3v) is 2.96. The van der Waals surface area contributed by atoms with Gasteiger partial charge in [0, 0.05) is 23.0 Å². The summed E-state index contributed by atoms with van der Waals surface area (Å²) in [5, 5.41) is 13.0. The van der Waals surface area contributed by atoms with E-state index in [2.05, 4.69) is 10.1 Å². The van der Waals surface area contributed by atoms with Gasteiger partial charge in [0.25, 0.3) is 0 Å². The van der Waals surface area contributed by atoms with Gasteiger partial charge in [-0.25, -0.2) is 0 Å². The van der Waals surface area contributed by atoms with Crippen molar-refractivity contribution in [1.82, 2.24) is 4.98 Å². The smallest absolute Gasteiger partial charge is 0.0843 e. The van der Waals surface area contributed by atoms with Gasteiger partial charge >= 0.3 is 0 Å². The second kappa shape index (κ2) is 6.16. The first-order valence-corrected chi connectivity index (χ1v) is 6.15. The zero-order chi connectivity index (χ0) is 13.7. The van der Waals surface area contributed by atoms with Crippen LogP contribution in [0.4, 0.5) is 0 Å². The summed E-state index contributed by atoms with van der Waals surface area (Å²) in [5.41, 5.74) is 3.31. The van der Waals surface area contributed by atoms with Gasteiger partial charge < -0.3 is 5.21 Å². The number of rotatable bonds is 3. The minimum Gasteiger partial charge on any atom is -0.411 e. The number of hydrogen-bond donors (Lipinski definition) is 1. The van der Waals surface area contributed by atoms with E-state index in [1.54, 1.807) is 19.3 Å². The van der Waals surface area contributed by atoms with Crippen LogP contribution >= 0.6 is 11.6 Å². The maximum absolute atomic E-state index is 9.01. The van der Waals surface area contributed by atoms with E-state index in [4.69, 9.17) is 16.8 Å². The molecule has 0 saturated heterocycles. The first-order valence-electron chi connectivity index (χ1n) is 5.77. The van der Waals surface area contributed by atoms with E-state index < -0.39 is 0 Å². The Kier molecular flexibility index (Phi) is 4.31. The van der Waals surface area contributed by atoms with E-state index in [1.165, 1.54) is 0 Å². The Morgan fingerprint density at radius 2 is 1.79 bits per heavy atom. The fourth-order valence-corrected chi connectivity index (χ4v) is 1.83. The number of oxime groups is 1. The Hall–Kier alpha value is -2.13. The summed E-state index contributed by atoms with van der Waals surface area (Å²) in [6.07, 6.45) is 5.38. The molecule has 0 aliphatic rings. The fourth-order valence-electron chi connectivity index (χ4n) is 1.71. The maximum atomic E-state index is 9.01. The average molecular weight is 273 g/mol. The van der Waals surface area contributed by atoms with Crippen molar-refractivity contribution in [3.05, 3.63) is 64.9 Å². The van der Waals surface area contributed by atoms with Crippen LogP contribution < -0.4 is 0 Å². The summed E-state index contributed by atoms with van der Waals surface area (Å²) in [7, 11) is 0. The first kappa shape index (κ1) is 13.3. The van der Waals surface area contributed by atoms with Crippen LogP contribution in [0.15, 0.2) is 53.9 Å². The molecule has 0 atom stereocenters. The van der Waals surface area contributed by atoms with Crippen LogP contribution in [-0.4, -0.2) is 15.9 Å². The van der Waals surface area contributed by atoms with Crippen LogP contribution in [0, 0.1) is 0 Å². The van der Waals surface area contributed by atoms with Crippen molar-refractivity contribution in [2.45, 2.75) is 6.92 Å². The molecule has 1 heterocycles. The molecular formula is C15H13ClN2O. The molecule has 0 bridgehead atoms. The molecule has 3 nitrogen and oxygen atoms in total. The van der Waals surface area contributed by atoms with Crippen molar-refractivity contribution in [1.29, 1.82) is 0 Å². The van der Waals surface area contributed by atoms with Crippen molar-refractivity contribution in [3.63, 3.8) is 0 Å². The molecule has 0 aliphatic heterocycles. The number of nitrogens with zero attached hydrogens (tertiary/aromatic N) is 2. The first-order chi connectivity index (χ1) is 9.20. The molecule has 1 N–H and O–H groups in total. The van der Waals surface area contributed by atoms with Crippen molar-refractivity contribution in [3.8, 4) is 0 Å². The molecule has 0 spiro atoms. The monoisotopic (exact) mass is 272 g/mol. The van der Waals surface area contributed by atoms with Gasteiger partial charge in [-0.2, -0.15) is 0 Å². The number of hydrogen-bond acceptors (Lipinski definition) is 3. The molecular weight excluding hydrogens is 260 g/mol. The van der Waals surface area contributed by atoms with Gasteiger partial charge in [-0.05, 0) is 48.4 Å². The molecule has 1 aromatic carbocycles. The van der Waals surface area contributed by atoms with Crippen LogP contribution in [-0.2, 0) is 0 Å². The molecule has 19 heavy (non-hydrogen) atoms. The molecule has 4 heteroatoms. The lowest BCUT2D eigenvalue weighted by molar-refractivity contribution is 0.319. The summed E-state index contributed by atoms with van der Waals surface area (Å²) >= 11 is 5.88. The average Bonchev–Trinajstić information content (AvgIpc) is 2.46. The van der Waals surface area contributed by atoms with Crippen LogP contribution in [0.2, 0.25) is 5.02 Å². The van der Waals surface area contributed by atoms with Gasteiger partial charge in [-0.1, -0.05) is 28.9 Å². The molecule has 1 aromatic heterocycles. The summed E-state index contributed by atoms with van der Waals surface area (Å²) < 4.78 is 0. The summed E-state index contributed by atoms with van der Waals surface area (Å²) in [6, 6.07) is 11.2. The molecule has 0 radical (unpaired) electrons. The van der Waals surface area contributed by atoms with Gasteiger partial charge in [0.15, 0.2) is 0 Å². The normalized spacial score (nSPS) is 12.5. The zero-order valence-electron chi connectivity index (χ0n) is 10.4. The lowest BCUT2D eigenvalue weighted by Crippen LogP contribution is -1.97. The van der Waals surface area contributed by atoms with Crippen LogP contribution in [0.5, 0.6) is 0 Å². The predicted octanol–water partition coefficient (Wildman–Crippen LogP) is 4.13. The third kappa shape index (κ3) is 3.42. The third-order valence-electron chi connectivity index (χ3n) is 2.71. The number of aromatic nitrogens is 1. The molecule has 0 aliphatic carbocycles. The Bertz CT molecular complexity index is 604. The van der Waals surface area contributed by atoms with E-state index in [1.807, 2.05) is 42.5 Å². The Morgan fingerprint density at radius 1 is 1.16 bits per heavy atom. The van der Waals surface area contributed by atoms with Crippen molar-refractivity contribution in [2.75, 3.05) is 0 Å². The largest absolute Gasteiger partial charge is 0.411 e. The number of pyridine rings is 1. The second-order valence-electron chi connectivity index (χ2n) is 4.03. The standard InChI is InChI=1S/C15H13ClN2O/c1-11(18-19)15(10-12-6-8-17-9-7-12)13-2-4-14(16)5-3-13/h2-10,19H,1H3/b15-10-,18-11-. The van der Waals surface area contributed by atoms with Gasteiger partial charge in [0.2, 0.25) is 0 Å². The Balaban J connectivity index is 2.48. The number of benzene rings is 1. The summed E-state index contributed by atoms with van der Waals surface area (Å²) in [6.45, 7) is 1.75. The topological polar surface area (TPSA) is 45.5 Å². The van der Waals surface area contributed by atoms with E-state index in [-0.39, 0.29) is 0 Å². The summed E-state index contributed by atoms with van der Waals surface area (Å²) in [5.74, 6) is 0. The number of halogens is 1. The Morgan fingerprint density at radius 3 is 2.37 bits per heavy atom. The highest BCUT2D eigenvalue weighted by Crippen LogP contribution is 2.21. The molecule has 2 rings (SSSR count). The second-order valence-corrected chi connectivity index (χ2v) is 4.47. The van der Waals surface area contributed by atoms with Crippen LogP contribution in [0.1, 0.15) is 18.1 Å². The minimum absolute atomic E-state index is 0.541. The maximum Gasteiger partial charge on any atom is 0.0843 e. The molecule has 0 unspecified atom stereocenters. The van der Waals surface area contributed by atoms with Crippen molar-refractivity contribution in [2.24, 2.45) is 5.16 Å². The van der Waals surface area contributed by atoms with E-state index in [0.717, 1.165) is 16.7 Å². The van der Waals surface area contributed by atoms with E-state index in [9.17, 15) is 0 Å². The zero-order valence-corrected chi connectivity index (χ0v) is 11.2. The highest BCUT2D eigenvalue weighted by atomic mass is 35.5. The lowest BCUT2D eigenvalue weighted by atomic mass is 9.99. The van der Waals surface area contributed by atoms with E-state index in [0.29, 0.717) is 10.7 Å². The minimum atomic E-state index is 0.541. The van der Waals surface area contributed by atoms with Gasteiger partial charge in [-0.3, -0.25) is 4.98 Å². The van der Waals surface area contributed by atoms with Crippen molar-refractivity contribution >= 4 is 29.0 Å². The molecule has 0 saturated carbocycles. The van der Waals surface area contributed by atoms with Crippen LogP contribution in [0.3, 0.4) is 0 Å². The quantitative estimate of drug-likeness (QED) is 0.519. The lowest BCUT2D eigenvalue weighted by Gasteiger charge is -2.07. The Labute approximate surface area is 116 Å². The molecule has 96 valence electrons. The van der Waals surface area contributed by atoms with E-state index >= 15 is 0 Å². The predicted molar refractivity (Wildman–Crippen MR) is 78.5 cm³/mol. The van der Waals surface area contributed by atoms with Crippen LogP contribution in [0.25, 0.3) is 11.6 Å². The molecule has 0 amide bonds. The fraction of sp³-hybridized carbons (Fsp3) is 0.0667. The molecule has 2 aromatic rings. The van der Waals surface area contributed by atoms with Crippen molar-refractivity contribution < 1.29 is 5.21 Å².